The minimum absolute atomic E-state index is 0.128. The van der Waals surface area contributed by atoms with Crippen LogP contribution in [0.25, 0.3) is 0 Å². The molecule has 1 aromatic heterocycles. The van der Waals surface area contributed by atoms with Gasteiger partial charge in [-0.3, -0.25) is 10.1 Å². The number of benzene rings is 1. The normalized spacial score (nSPS) is 15.7. The lowest BCUT2D eigenvalue weighted by Crippen LogP contribution is -2.35. The number of rotatable bonds is 3. The molecule has 0 saturated carbocycles. The molecule has 1 aromatic carbocycles. The fraction of sp³-hybridized carbons (Fsp3) is 0.450. The molecular formula is C20H23N3O3S. The maximum Gasteiger partial charge on any atom is 0.410 e. The van der Waals surface area contributed by atoms with Crippen LogP contribution in [-0.4, -0.2) is 35.0 Å². The van der Waals surface area contributed by atoms with E-state index in [0.29, 0.717) is 36.8 Å². The summed E-state index contributed by atoms with van der Waals surface area (Å²) in [7, 11) is 0. The molecule has 1 N–H and O–H groups in total. The van der Waals surface area contributed by atoms with Crippen LogP contribution in [0.15, 0.2) is 18.2 Å². The number of aromatic nitrogens is 1. The Morgan fingerprint density at radius 3 is 2.85 bits per heavy atom. The van der Waals surface area contributed by atoms with Crippen LogP contribution in [0.5, 0.6) is 0 Å². The Labute approximate surface area is 162 Å². The second-order valence-corrected chi connectivity index (χ2v) is 7.99. The van der Waals surface area contributed by atoms with E-state index in [-0.39, 0.29) is 12.0 Å². The van der Waals surface area contributed by atoms with E-state index < -0.39 is 0 Å². The van der Waals surface area contributed by atoms with E-state index in [0.717, 1.165) is 23.4 Å². The summed E-state index contributed by atoms with van der Waals surface area (Å²) in [6.07, 6.45) is 4.95. The van der Waals surface area contributed by atoms with Gasteiger partial charge in [0.2, 0.25) is 0 Å². The van der Waals surface area contributed by atoms with Crippen molar-refractivity contribution in [3.63, 3.8) is 0 Å². The molecule has 1 aliphatic heterocycles. The third-order valence-electron chi connectivity index (χ3n) is 5.09. The lowest BCUT2D eigenvalue weighted by Gasteiger charge is -2.24. The van der Waals surface area contributed by atoms with Gasteiger partial charge in [0.25, 0.3) is 5.91 Å². The smallest absolute Gasteiger partial charge is 0.410 e. The first kappa shape index (κ1) is 18.0. The van der Waals surface area contributed by atoms with Crippen molar-refractivity contribution in [3.8, 4) is 0 Å². The van der Waals surface area contributed by atoms with E-state index in [4.69, 9.17) is 4.74 Å². The van der Waals surface area contributed by atoms with E-state index in [2.05, 4.69) is 16.4 Å². The number of carbonyl (C=O) groups excluding carboxylic acids is 2. The molecule has 2 amide bonds. The van der Waals surface area contributed by atoms with Crippen molar-refractivity contribution in [2.75, 3.05) is 18.5 Å². The summed E-state index contributed by atoms with van der Waals surface area (Å²) in [6.45, 7) is 3.25. The fourth-order valence-corrected chi connectivity index (χ4v) is 4.68. The van der Waals surface area contributed by atoms with Crippen LogP contribution in [0.4, 0.5) is 9.93 Å². The molecular weight excluding hydrogens is 362 g/mol. The fourth-order valence-electron chi connectivity index (χ4n) is 3.66. The Hall–Kier alpha value is -2.41. The zero-order valence-corrected chi connectivity index (χ0v) is 16.2. The Morgan fingerprint density at radius 2 is 2.04 bits per heavy atom. The average Bonchev–Trinajstić information content (AvgIpc) is 3.09. The highest BCUT2D eigenvalue weighted by Gasteiger charge is 2.25. The van der Waals surface area contributed by atoms with Crippen molar-refractivity contribution in [2.24, 2.45) is 0 Å². The molecule has 1 aliphatic carbocycles. The Bertz CT molecular complexity index is 877. The van der Waals surface area contributed by atoms with Gasteiger partial charge in [0.15, 0.2) is 5.13 Å². The van der Waals surface area contributed by atoms with Gasteiger partial charge in [-0.15, -0.1) is 0 Å². The molecule has 0 bridgehead atoms. The second kappa shape index (κ2) is 7.68. The lowest BCUT2D eigenvalue weighted by molar-refractivity contribution is 0.102. The van der Waals surface area contributed by atoms with E-state index >= 15 is 0 Å². The van der Waals surface area contributed by atoms with Crippen molar-refractivity contribution >= 4 is 28.5 Å². The van der Waals surface area contributed by atoms with Crippen LogP contribution in [0.3, 0.4) is 0 Å². The van der Waals surface area contributed by atoms with Crippen molar-refractivity contribution in [1.29, 1.82) is 0 Å². The van der Waals surface area contributed by atoms with Crippen LogP contribution in [0.1, 0.15) is 51.8 Å². The minimum atomic E-state index is -0.295. The number of aryl methyl sites for hydroxylation is 2. The number of fused-ring (bicyclic) bond motifs is 2. The van der Waals surface area contributed by atoms with Crippen LogP contribution in [0, 0.1) is 0 Å². The van der Waals surface area contributed by atoms with Crippen LogP contribution >= 0.6 is 11.3 Å². The largest absolute Gasteiger partial charge is 0.450 e. The molecule has 2 aliphatic rings. The summed E-state index contributed by atoms with van der Waals surface area (Å²) in [6, 6.07) is 5.99. The van der Waals surface area contributed by atoms with Gasteiger partial charge in [0, 0.05) is 23.4 Å². The van der Waals surface area contributed by atoms with Crippen LogP contribution in [0.2, 0.25) is 0 Å². The molecule has 0 fully saturated rings. The zero-order valence-electron chi connectivity index (χ0n) is 15.4. The van der Waals surface area contributed by atoms with Crippen molar-refractivity contribution in [1.82, 2.24) is 9.88 Å². The van der Waals surface area contributed by atoms with Crippen LogP contribution < -0.4 is 5.32 Å². The summed E-state index contributed by atoms with van der Waals surface area (Å²) in [4.78, 5) is 31.8. The van der Waals surface area contributed by atoms with Crippen molar-refractivity contribution < 1.29 is 14.3 Å². The predicted molar refractivity (Wildman–Crippen MR) is 104 cm³/mol. The molecule has 27 heavy (non-hydrogen) atoms. The summed E-state index contributed by atoms with van der Waals surface area (Å²) >= 11 is 1.43. The van der Waals surface area contributed by atoms with E-state index in [1.165, 1.54) is 35.3 Å². The molecule has 0 spiro atoms. The molecule has 2 aromatic rings. The summed E-state index contributed by atoms with van der Waals surface area (Å²) in [5.74, 6) is -0.128. The van der Waals surface area contributed by atoms with E-state index in [9.17, 15) is 9.59 Å². The van der Waals surface area contributed by atoms with Crippen molar-refractivity contribution in [3.05, 3.63) is 45.5 Å². The predicted octanol–water partition coefficient (Wildman–Crippen LogP) is 3.79. The topological polar surface area (TPSA) is 71.5 Å². The highest BCUT2D eigenvalue weighted by molar-refractivity contribution is 7.15. The molecule has 0 unspecified atom stereocenters. The standard InChI is InChI=1S/C20H23N3O3S/c1-2-26-20(25)23-10-9-16-17(12-23)27-19(21-16)22-18(24)15-8-7-13-5-3-4-6-14(13)11-15/h7-8,11H,2-6,9-10,12H2,1H3,(H,21,22,24). The van der Waals surface area contributed by atoms with Gasteiger partial charge in [0.1, 0.15) is 0 Å². The monoisotopic (exact) mass is 385 g/mol. The van der Waals surface area contributed by atoms with Gasteiger partial charge >= 0.3 is 6.09 Å². The van der Waals surface area contributed by atoms with Gasteiger partial charge in [-0.2, -0.15) is 0 Å². The first-order chi connectivity index (χ1) is 13.1. The van der Waals surface area contributed by atoms with Gasteiger partial charge in [0.05, 0.1) is 18.8 Å². The number of thiazole rings is 1. The molecule has 7 heteroatoms. The first-order valence-electron chi connectivity index (χ1n) is 9.47. The quantitative estimate of drug-likeness (QED) is 0.873. The molecule has 0 atom stereocenters. The maximum atomic E-state index is 12.6. The molecule has 142 valence electrons. The van der Waals surface area contributed by atoms with E-state index in [1.807, 2.05) is 12.1 Å². The van der Waals surface area contributed by atoms with Crippen molar-refractivity contribution in [2.45, 2.75) is 45.6 Å². The molecule has 6 nitrogen and oxygen atoms in total. The highest BCUT2D eigenvalue weighted by Crippen LogP contribution is 2.29. The van der Waals surface area contributed by atoms with Gasteiger partial charge in [-0.1, -0.05) is 17.4 Å². The van der Waals surface area contributed by atoms with Crippen LogP contribution in [-0.2, 0) is 30.5 Å². The molecule has 0 radical (unpaired) electrons. The zero-order chi connectivity index (χ0) is 18.8. The second-order valence-electron chi connectivity index (χ2n) is 6.90. The number of ether oxygens (including phenoxy) is 1. The minimum Gasteiger partial charge on any atom is -0.450 e. The summed E-state index contributed by atoms with van der Waals surface area (Å²) in [5.41, 5.74) is 4.29. The lowest BCUT2D eigenvalue weighted by atomic mass is 9.90. The maximum absolute atomic E-state index is 12.6. The third kappa shape index (κ3) is 3.83. The highest BCUT2D eigenvalue weighted by atomic mass is 32.1. The SMILES string of the molecule is CCOC(=O)N1CCc2nc(NC(=O)c3ccc4c(c3)CCCC4)sc2C1. The number of nitrogens with one attached hydrogen (secondary N) is 1. The van der Waals surface area contributed by atoms with Gasteiger partial charge < -0.3 is 9.64 Å². The Morgan fingerprint density at radius 1 is 1.22 bits per heavy atom. The summed E-state index contributed by atoms with van der Waals surface area (Å²) < 4.78 is 5.07. The van der Waals surface area contributed by atoms with Gasteiger partial charge in [-0.25, -0.2) is 9.78 Å². The molecule has 2 heterocycles. The van der Waals surface area contributed by atoms with Gasteiger partial charge in [-0.05, 0) is 55.9 Å². The average molecular weight is 385 g/mol. The van der Waals surface area contributed by atoms with E-state index in [1.54, 1.807) is 11.8 Å². The summed E-state index contributed by atoms with van der Waals surface area (Å²) in [5, 5.41) is 3.52. The number of nitrogens with zero attached hydrogens (tertiary/aromatic N) is 2. The molecule has 4 rings (SSSR count). The number of hydrogen-bond donors (Lipinski definition) is 1. The Kier molecular flexibility index (Phi) is 5.11. The third-order valence-corrected chi connectivity index (χ3v) is 6.09. The first-order valence-corrected chi connectivity index (χ1v) is 10.3. The number of carbonyl (C=O) groups is 2. The number of hydrogen-bond acceptors (Lipinski definition) is 5. The number of anilines is 1. The Balaban J connectivity index is 1.45. The molecule has 0 saturated heterocycles. The number of amides is 2.